The van der Waals surface area contributed by atoms with Crippen LogP contribution >= 0.6 is 0 Å². The van der Waals surface area contributed by atoms with Gasteiger partial charge in [0.15, 0.2) is 0 Å². The molecule has 1 rings (SSSR count). The van der Waals surface area contributed by atoms with Gasteiger partial charge in [-0.2, -0.15) is 0 Å². The molecule has 0 spiro atoms. The van der Waals surface area contributed by atoms with Crippen molar-refractivity contribution in [1.29, 1.82) is 0 Å². The molecule has 0 aromatic carbocycles. The van der Waals surface area contributed by atoms with Gasteiger partial charge in [-0.15, -0.1) is 0 Å². The lowest BCUT2D eigenvalue weighted by Crippen LogP contribution is -2.62. The van der Waals surface area contributed by atoms with Crippen LogP contribution in [0.25, 0.3) is 0 Å². The van der Waals surface area contributed by atoms with Gasteiger partial charge in [0.05, 0.1) is 6.54 Å². The average Bonchev–Trinajstić information content (AvgIpc) is 1.96. The number of nitrogens with one attached hydrogen (secondary N) is 1. The van der Waals surface area contributed by atoms with Crippen molar-refractivity contribution in [3.8, 4) is 0 Å². The fraction of sp³-hybridized carbons (Fsp3) is 0.714. The highest BCUT2D eigenvalue weighted by Crippen LogP contribution is 2.08. The van der Waals surface area contributed by atoms with Gasteiger partial charge in [-0.3, -0.25) is 9.59 Å². The Hall–Kier alpha value is -0.900. The predicted octanol–water partition coefficient (Wildman–Crippen LogP) is -0.994. The van der Waals surface area contributed by atoms with Gasteiger partial charge in [-0.25, -0.2) is 0 Å². The van der Waals surface area contributed by atoms with Crippen LogP contribution in [-0.2, 0) is 9.59 Å². The van der Waals surface area contributed by atoms with E-state index in [-0.39, 0.29) is 24.3 Å². The predicted molar refractivity (Wildman–Crippen MR) is 40.1 cm³/mol. The Morgan fingerprint density at radius 3 is 2.82 bits per heavy atom. The van der Waals surface area contributed by atoms with Gasteiger partial charge < -0.3 is 10.2 Å². The summed E-state index contributed by atoms with van der Waals surface area (Å²) in [6, 6.07) is -0.0608. The maximum Gasteiger partial charge on any atom is 0.242 e. The normalized spacial score (nSPS) is 23.3. The molecular formula is C7H12N2O2. The summed E-state index contributed by atoms with van der Waals surface area (Å²) < 4.78 is 0. The van der Waals surface area contributed by atoms with E-state index in [1.807, 2.05) is 0 Å². The van der Waals surface area contributed by atoms with Gasteiger partial charge in [-0.1, -0.05) is 0 Å². The molecule has 0 radical (unpaired) electrons. The quantitative estimate of drug-likeness (QED) is 0.533. The van der Waals surface area contributed by atoms with Crippen LogP contribution in [0.1, 0.15) is 6.92 Å². The summed E-state index contributed by atoms with van der Waals surface area (Å²) in [5.74, 6) is 0.0654. The number of rotatable bonds is 3. The molecule has 0 aromatic rings. The molecule has 1 N–H and O–H groups in total. The van der Waals surface area contributed by atoms with Crippen molar-refractivity contribution in [2.45, 2.75) is 13.0 Å². The van der Waals surface area contributed by atoms with E-state index in [9.17, 15) is 9.59 Å². The lowest BCUT2D eigenvalue weighted by atomic mass is 10.1. The van der Waals surface area contributed by atoms with Crippen molar-refractivity contribution in [1.82, 2.24) is 10.2 Å². The molecule has 62 valence electrons. The molecule has 1 saturated heterocycles. The molecule has 1 amide bonds. The monoisotopic (exact) mass is 156 g/mol. The maximum absolute atomic E-state index is 11.0. The minimum absolute atomic E-state index is 0.0303. The Morgan fingerprint density at radius 2 is 2.45 bits per heavy atom. The molecular weight excluding hydrogens is 144 g/mol. The maximum atomic E-state index is 11.0. The minimum Gasteiger partial charge on any atom is -0.332 e. The Balaban J connectivity index is 2.33. The largest absolute Gasteiger partial charge is 0.332 e. The van der Waals surface area contributed by atoms with Gasteiger partial charge >= 0.3 is 0 Å². The Bertz CT molecular complexity index is 191. The fourth-order valence-electron chi connectivity index (χ4n) is 1.12. The minimum atomic E-state index is -0.0608. The number of β-lactam (4-membered cyclic amide) rings is 1. The second kappa shape index (κ2) is 3.00. The van der Waals surface area contributed by atoms with E-state index >= 15 is 0 Å². The zero-order valence-corrected chi connectivity index (χ0v) is 6.76. The van der Waals surface area contributed by atoms with Crippen molar-refractivity contribution in [2.75, 3.05) is 20.1 Å². The number of amides is 1. The van der Waals surface area contributed by atoms with Crippen LogP contribution in [0.4, 0.5) is 0 Å². The second-order valence-electron chi connectivity index (χ2n) is 2.76. The van der Waals surface area contributed by atoms with E-state index in [0.717, 1.165) is 0 Å². The Labute approximate surface area is 65.6 Å². The first kappa shape index (κ1) is 8.20. The summed E-state index contributed by atoms with van der Waals surface area (Å²) in [4.78, 5) is 23.2. The topological polar surface area (TPSA) is 49.4 Å². The number of hydrogen-bond donors (Lipinski definition) is 1. The van der Waals surface area contributed by atoms with Crippen molar-refractivity contribution < 1.29 is 9.59 Å². The molecule has 0 bridgehead atoms. The molecule has 1 unspecified atom stereocenters. The molecule has 0 aromatic heterocycles. The van der Waals surface area contributed by atoms with E-state index in [0.29, 0.717) is 6.54 Å². The van der Waals surface area contributed by atoms with Crippen LogP contribution in [0, 0.1) is 0 Å². The zero-order chi connectivity index (χ0) is 8.43. The van der Waals surface area contributed by atoms with E-state index in [4.69, 9.17) is 0 Å². The standard InChI is InChI=1S/C7H12N2O2/c1-5(10)3-9-4-6(8-2)7(9)11/h6,8H,3-4H2,1-2H3. The summed E-state index contributed by atoms with van der Waals surface area (Å²) in [7, 11) is 1.74. The van der Waals surface area contributed by atoms with Crippen molar-refractivity contribution >= 4 is 11.7 Å². The molecule has 1 aliphatic rings. The first-order valence-corrected chi connectivity index (χ1v) is 3.60. The molecule has 4 heteroatoms. The second-order valence-corrected chi connectivity index (χ2v) is 2.76. The number of ketones is 1. The zero-order valence-electron chi connectivity index (χ0n) is 6.76. The average molecular weight is 156 g/mol. The SMILES string of the molecule is CNC1CN(CC(C)=O)C1=O. The molecule has 1 fully saturated rings. The first-order chi connectivity index (χ1) is 5.15. The highest BCUT2D eigenvalue weighted by atomic mass is 16.2. The number of likely N-dealkylation sites (tertiary alicyclic amines) is 1. The molecule has 1 heterocycles. The molecule has 1 atom stereocenters. The first-order valence-electron chi connectivity index (χ1n) is 3.60. The van der Waals surface area contributed by atoms with Gasteiger partial charge in [0, 0.05) is 6.54 Å². The van der Waals surface area contributed by atoms with E-state index in [1.165, 1.54) is 6.92 Å². The third-order valence-electron chi connectivity index (χ3n) is 1.77. The Morgan fingerprint density at radius 1 is 1.82 bits per heavy atom. The van der Waals surface area contributed by atoms with Crippen LogP contribution in [0.3, 0.4) is 0 Å². The van der Waals surface area contributed by atoms with E-state index < -0.39 is 0 Å². The third kappa shape index (κ3) is 1.57. The van der Waals surface area contributed by atoms with Crippen molar-refractivity contribution in [2.24, 2.45) is 0 Å². The fourth-order valence-corrected chi connectivity index (χ4v) is 1.12. The van der Waals surface area contributed by atoms with Crippen LogP contribution in [0.2, 0.25) is 0 Å². The van der Waals surface area contributed by atoms with Gasteiger partial charge in [0.2, 0.25) is 5.91 Å². The lowest BCUT2D eigenvalue weighted by molar-refractivity contribution is -0.146. The number of carbonyl (C=O) groups excluding carboxylic acids is 2. The number of hydrogen-bond acceptors (Lipinski definition) is 3. The van der Waals surface area contributed by atoms with Crippen LogP contribution in [0.15, 0.2) is 0 Å². The number of likely N-dealkylation sites (N-methyl/N-ethyl adjacent to an activating group) is 1. The molecule has 11 heavy (non-hydrogen) atoms. The summed E-state index contributed by atoms with van der Waals surface area (Å²) in [6.45, 7) is 2.41. The Kier molecular flexibility index (Phi) is 2.24. The number of carbonyl (C=O) groups is 2. The third-order valence-corrected chi connectivity index (χ3v) is 1.77. The number of Topliss-reactive ketones (excluding diaryl/α,β-unsaturated/α-hetero) is 1. The molecule has 0 aliphatic carbocycles. The van der Waals surface area contributed by atoms with E-state index in [2.05, 4.69) is 5.32 Å². The van der Waals surface area contributed by atoms with Crippen LogP contribution < -0.4 is 5.32 Å². The summed E-state index contributed by atoms with van der Waals surface area (Å²) in [6.07, 6.45) is 0. The summed E-state index contributed by atoms with van der Waals surface area (Å²) in [5, 5.41) is 2.85. The summed E-state index contributed by atoms with van der Waals surface area (Å²) in [5.41, 5.74) is 0. The van der Waals surface area contributed by atoms with Gasteiger partial charge in [-0.05, 0) is 14.0 Å². The smallest absolute Gasteiger partial charge is 0.242 e. The van der Waals surface area contributed by atoms with E-state index in [1.54, 1.807) is 11.9 Å². The summed E-state index contributed by atoms with van der Waals surface area (Å²) >= 11 is 0. The highest BCUT2D eigenvalue weighted by molar-refractivity contribution is 5.92. The van der Waals surface area contributed by atoms with Gasteiger partial charge in [0.25, 0.3) is 0 Å². The van der Waals surface area contributed by atoms with Crippen molar-refractivity contribution in [3.63, 3.8) is 0 Å². The number of nitrogens with zero attached hydrogens (tertiary/aromatic N) is 1. The van der Waals surface area contributed by atoms with Crippen LogP contribution in [-0.4, -0.2) is 42.8 Å². The lowest BCUT2D eigenvalue weighted by Gasteiger charge is -2.37. The molecule has 0 saturated carbocycles. The highest BCUT2D eigenvalue weighted by Gasteiger charge is 2.35. The molecule has 1 aliphatic heterocycles. The van der Waals surface area contributed by atoms with Gasteiger partial charge in [0.1, 0.15) is 11.8 Å². The molecule has 4 nitrogen and oxygen atoms in total. The van der Waals surface area contributed by atoms with Crippen molar-refractivity contribution in [3.05, 3.63) is 0 Å². The van der Waals surface area contributed by atoms with Crippen LogP contribution in [0.5, 0.6) is 0 Å².